The molecule has 0 saturated carbocycles. The van der Waals surface area contributed by atoms with E-state index in [-0.39, 0.29) is 0 Å². The van der Waals surface area contributed by atoms with E-state index < -0.39 is 10.0 Å². The lowest BCUT2D eigenvalue weighted by Gasteiger charge is -2.24. The lowest BCUT2D eigenvalue weighted by molar-refractivity contribution is 0.0841. The summed E-state index contributed by atoms with van der Waals surface area (Å²) in [6.07, 6.45) is 8.78. The van der Waals surface area contributed by atoms with Gasteiger partial charge in [-0.05, 0) is 30.9 Å². The molecule has 0 aliphatic heterocycles. The topological polar surface area (TPSA) is 27.1 Å². The first-order chi connectivity index (χ1) is 8.47. The molecule has 2 rings (SSSR count). The zero-order valence-corrected chi connectivity index (χ0v) is 13.4. The highest BCUT2D eigenvalue weighted by atomic mass is 79.9. The Hall–Kier alpha value is -0.520. The summed E-state index contributed by atoms with van der Waals surface area (Å²) in [5.74, 6) is 1.13. The lowest BCUT2D eigenvalue weighted by Crippen LogP contribution is -2.10. The summed E-state index contributed by atoms with van der Waals surface area (Å²) in [5, 5.41) is 5.49. The molecule has 0 N–H and O–H groups in total. The van der Waals surface area contributed by atoms with Crippen LogP contribution >= 0.6 is 26.0 Å². The normalized spacial score (nSPS) is 13.1. The summed E-state index contributed by atoms with van der Waals surface area (Å²) in [4.78, 5) is 0. The first-order valence-corrected chi connectivity index (χ1v) is 9.63. The van der Waals surface area contributed by atoms with Gasteiger partial charge in [-0.25, -0.2) is 14.7 Å². The molecule has 5 heteroatoms. The summed E-state index contributed by atoms with van der Waals surface area (Å²) >= 11 is 3.53. The molecule has 0 aliphatic rings. The molecule has 0 atom stereocenters. The van der Waals surface area contributed by atoms with E-state index in [0.717, 1.165) is 27.7 Å². The number of fused-ring (bicyclic) bond motifs is 1. The Kier molecular flexibility index (Phi) is 4.35. The van der Waals surface area contributed by atoms with Crippen LogP contribution in [-0.2, 0) is 11.5 Å². The van der Waals surface area contributed by atoms with Crippen molar-refractivity contribution >= 4 is 36.9 Å². The highest BCUT2D eigenvalue weighted by Crippen LogP contribution is 2.33. The molecule has 0 aliphatic carbocycles. The zero-order chi connectivity index (χ0) is 13.2. The maximum Gasteiger partial charge on any atom is 0.140 e. The Morgan fingerprint density at radius 1 is 1.33 bits per heavy atom. The maximum absolute atomic E-state index is 5.71. The summed E-state index contributed by atoms with van der Waals surface area (Å²) in [7, 11) is -0.477. The average Bonchev–Trinajstić information content (AvgIpc) is 2.68. The quantitative estimate of drug-likeness (QED) is 0.785. The van der Waals surface area contributed by atoms with Crippen LogP contribution in [0.4, 0.5) is 0 Å². The van der Waals surface area contributed by atoms with Crippen LogP contribution in [0.2, 0.25) is 0 Å². The number of hydrogen-bond donors (Lipinski definition) is 0. The maximum atomic E-state index is 5.71. The van der Waals surface area contributed by atoms with Gasteiger partial charge in [-0.3, -0.25) is 0 Å². The first-order valence-electron chi connectivity index (χ1n) is 5.81. The molecule has 1 heterocycles. The number of nitrogens with zero attached hydrogens (tertiary/aromatic N) is 2. The van der Waals surface area contributed by atoms with Crippen molar-refractivity contribution in [2.24, 2.45) is 0 Å². The van der Waals surface area contributed by atoms with Crippen LogP contribution in [-0.4, -0.2) is 40.9 Å². The molecule has 0 fully saturated rings. The summed E-state index contributed by atoms with van der Waals surface area (Å²) in [5.41, 5.74) is 1.10. The number of rotatable bonds is 5. The molecule has 0 spiro atoms. The minimum atomic E-state index is -0.477. The second-order valence-electron chi connectivity index (χ2n) is 5.15. The molecule has 0 unspecified atom stereocenters. The SMILES string of the molecule is CS(C)(C)CCOCn1ncc2c(Br)cccc21. The largest absolute Gasteiger partial charge is 0.358 e. The monoisotopic (exact) mass is 330 g/mol. The van der Waals surface area contributed by atoms with Crippen molar-refractivity contribution in [2.75, 3.05) is 31.1 Å². The smallest absolute Gasteiger partial charge is 0.140 e. The van der Waals surface area contributed by atoms with E-state index in [1.165, 1.54) is 0 Å². The van der Waals surface area contributed by atoms with Gasteiger partial charge < -0.3 is 4.74 Å². The zero-order valence-electron chi connectivity index (χ0n) is 11.0. The number of ether oxygens (including phenoxy) is 1. The van der Waals surface area contributed by atoms with Gasteiger partial charge >= 0.3 is 0 Å². The van der Waals surface area contributed by atoms with Crippen LogP contribution in [0.5, 0.6) is 0 Å². The predicted molar refractivity (Wildman–Crippen MR) is 83.6 cm³/mol. The minimum absolute atomic E-state index is 0.477. The van der Waals surface area contributed by atoms with Crippen LogP contribution in [0, 0.1) is 0 Å². The molecule has 0 amide bonds. The van der Waals surface area contributed by atoms with Gasteiger partial charge in [0.15, 0.2) is 0 Å². The molecule has 1 aromatic carbocycles. The summed E-state index contributed by atoms with van der Waals surface area (Å²) < 4.78 is 8.68. The molecule has 3 nitrogen and oxygen atoms in total. The van der Waals surface area contributed by atoms with Crippen molar-refractivity contribution < 1.29 is 4.74 Å². The second-order valence-corrected chi connectivity index (χ2v) is 10.6. The summed E-state index contributed by atoms with van der Waals surface area (Å²) in [6, 6.07) is 6.10. The fourth-order valence-electron chi connectivity index (χ4n) is 1.63. The third kappa shape index (κ3) is 3.49. The van der Waals surface area contributed by atoms with Crippen LogP contribution in [0.25, 0.3) is 10.9 Å². The molecule has 0 saturated heterocycles. The first kappa shape index (κ1) is 13.9. The van der Waals surface area contributed by atoms with Crippen molar-refractivity contribution in [2.45, 2.75) is 6.73 Å². The van der Waals surface area contributed by atoms with E-state index in [0.29, 0.717) is 6.73 Å². The highest BCUT2D eigenvalue weighted by molar-refractivity contribution is 9.10. The number of aromatic nitrogens is 2. The van der Waals surface area contributed by atoms with E-state index in [2.05, 4.69) is 45.9 Å². The van der Waals surface area contributed by atoms with Crippen molar-refractivity contribution in [1.29, 1.82) is 0 Å². The number of hydrogen-bond acceptors (Lipinski definition) is 2. The molecule has 0 bridgehead atoms. The molecule has 0 radical (unpaired) electrons. The van der Waals surface area contributed by atoms with Crippen LogP contribution < -0.4 is 0 Å². The van der Waals surface area contributed by atoms with Crippen molar-refractivity contribution in [1.82, 2.24) is 9.78 Å². The third-order valence-corrected chi connectivity index (χ3v) is 4.77. The van der Waals surface area contributed by atoms with Crippen molar-refractivity contribution in [3.05, 3.63) is 28.9 Å². The Morgan fingerprint density at radius 2 is 2.11 bits per heavy atom. The van der Waals surface area contributed by atoms with Gasteiger partial charge in [-0.2, -0.15) is 5.10 Å². The molecular formula is C13H19BrN2OS. The minimum Gasteiger partial charge on any atom is -0.358 e. The van der Waals surface area contributed by atoms with Crippen LogP contribution in [0.1, 0.15) is 0 Å². The Morgan fingerprint density at radius 3 is 2.83 bits per heavy atom. The molecule has 1 aromatic heterocycles. The van der Waals surface area contributed by atoms with Gasteiger partial charge in [0.2, 0.25) is 0 Å². The standard InChI is InChI=1S/C13H19BrN2OS/c1-18(2,3)8-7-17-10-16-13-6-4-5-12(14)11(13)9-15-16/h4-6,9H,7-8,10H2,1-3H3. The van der Waals surface area contributed by atoms with Gasteiger partial charge in [0, 0.05) is 15.6 Å². The molecule has 100 valence electrons. The van der Waals surface area contributed by atoms with Crippen LogP contribution in [0.15, 0.2) is 28.9 Å². The van der Waals surface area contributed by atoms with E-state index in [1.807, 2.05) is 23.0 Å². The third-order valence-electron chi connectivity index (χ3n) is 2.69. The molecule has 2 aromatic rings. The Labute approximate surface area is 118 Å². The van der Waals surface area contributed by atoms with Crippen molar-refractivity contribution in [3.63, 3.8) is 0 Å². The van der Waals surface area contributed by atoms with E-state index >= 15 is 0 Å². The fourth-order valence-corrected chi connectivity index (χ4v) is 2.71. The Bertz CT molecular complexity index is 533. The molecule has 18 heavy (non-hydrogen) atoms. The van der Waals surface area contributed by atoms with Crippen LogP contribution in [0.3, 0.4) is 0 Å². The van der Waals surface area contributed by atoms with Crippen molar-refractivity contribution in [3.8, 4) is 0 Å². The highest BCUT2D eigenvalue weighted by Gasteiger charge is 2.06. The number of benzene rings is 1. The van der Waals surface area contributed by atoms with Gasteiger partial charge in [-0.1, -0.05) is 22.0 Å². The van der Waals surface area contributed by atoms with Gasteiger partial charge in [0.1, 0.15) is 6.73 Å². The van der Waals surface area contributed by atoms with Gasteiger partial charge in [-0.15, -0.1) is 0 Å². The van der Waals surface area contributed by atoms with E-state index in [1.54, 1.807) is 0 Å². The fraction of sp³-hybridized carbons (Fsp3) is 0.462. The average molecular weight is 331 g/mol. The predicted octanol–water partition coefficient (Wildman–Crippen LogP) is 3.47. The molecular weight excluding hydrogens is 312 g/mol. The number of halogens is 1. The van der Waals surface area contributed by atoms with E-state index in [9.17, 15) is 0 Å². The second kappa shape index (κ2) is 5.63. The summed E-state index contributed by atoms with van der Waals surface area (Å²) in [6.45, 7) is 1.32. The van der Waals surface area contributed by atoms with Gasteiger partial charge in [0.05, 0.1) is 18.3 Å². The lowest BCUT2D eigenvalue weighted by atomic mass is 10.3. The van der Waals surface area contributed by atoms with E-state index in [4.69, 9.17) is 4.74 Å². The Balaban J connectivity index is 1.98. The van der Waals surface area contributed by atoms with Gasteiger partial charge in [0.25, 0.3) is 0 Å².